The van der Waals surface area contributed by atoms with Crippen molar-refractivity contribution in [2.24, 2.45) is 0 Å². The summed E-state index contributed by atoms with van der Waals surface area (Å²) in [6, 6.07) is 0.0149. The van der Waals surface area contributed by atoms with Crippen molar-refractivity contribution in [1.29, 1.82) is 0 Å². The maximum atomic E-state index is 11.1. The molecule has 3 nitrogen and oxygen atoms in total. The third-order valence-electron chi connectivity index (χ3n) is 4.35. The second-order valence-corrected chi connectivity index (χ2v) is 6.25. The van der Waals surface area contributed by atoms with Crippen molar-refractivity contribution < 1.29 is 9.90 Å². The zero-order valence-electron chi connectivity index (χ0n) is 13.2. The lowest BCUT2D eigenvalue weighted by Crippen LogP contribution is -2.36. The van der Waals surface area contributed by atoms with Crippen molar-refractivity contribution in [3.05, 3.63) is 0 Å². The minimum absolute atomic E-state index is 0.0149. The number of nitrogens with one attached hydrogen (secondary N) is 1. The summed E-state index contributed by atoms with van der Waals surface area (Å²) in [6.07, 6.45) is 15.1. The van der Waals surface area contributed by atoms with Gasteiger partial charge in [0.1, 0.15) is 0 Å². The average Bonchev–Trinajstić information content (AvgIpc) is 2.87. The largest absolute Gasteiger partial charge is 0.391 e. The second kappa shape index (κ2) is 11.1. The van der Waals surface area contributed by atoms with Gasteiger partial charge < -0.3 is 10.4 Å². The van der Waals surface area contributed by atoms with Gasteiger partial charge in [-0.3, -0.25) is 4.79 Å². The summed E-state index contributed by atoms with van der Waals surface area (Å²) < 4.78 is 0. The van der Waals surface area contributed by atoms with Gasteiger partial charge in [-0.2, -0.15) is 0 Å². The maximum Gasteiger partial charge on any atom is 0.220 e. The van der Waals surface area contributed by atoms with Gasteiger partial charge in [0.2, 0.25) is 5.91 Å². The van der Waals surface area contributed by atoms with Crippen LogP contribution in [0.3, 0.4) is 0 Å². The number of amides is 1. The van der Waals surface area contributed by atoms with Crippen LogP contribution in [0.4, 0.5) is 0 Å². The van der Waals surface area contributed by atoms with Crippen LogP contribution in [0.1, 0.15) is 90.4 Å². The van der Waals surface area contributed by atoms with Crippen molar-refractivity contribution >= 4 is 5.91 Å². The van der Waals surface area contributed by atoms with E-state index in [0.717, 1.165) is 19.3 Å². The lowest BCUT2D eigenvalue weighted by Gasteiger charge is -2.17. The Balaban J connectivity index is 1.83. The molecule has 0 radical (unpaired) electrons. The van der Waals surface area contributed by atoms with E-state index in [1.165, 1.54) is 57.8 Å². The highest BCUT2D eigenvalue weighted by molar-refractivity contribution is 5.78. The zero-order valence-corrected chi connectivity index (χ0v) is 13.2. The first-order chi connectivity index (χ1) is 9.74. The number of aliphatic hydroxyl groups excluding tert-OH is 1. The predicted octanol–water partition coefficient (Wildman–Crippen LogP) is 3.94. The maximum absolute atomic E-state index is 11.1. The fourth-order valence-corrected chi connectivity index (χ4v) is 2.97. The highest BCUT2D eigenvalue weighted by Gasteiger charge is 2.26. The standard InChI is InChI=1S/C17H33NO2/c1-2-3-4-5-6-7-8-9-10-11-12-16(19)15-13-14-17(20)18-15/h15-16,19H,2-14H2,1H3,(H,18,20)/t15-,16-/m1/s1. The molecule has 2 atom stereocenters. The predicted molar refractivity (Wildman–Crippen MR) is 83.6 cm³/mol. The Morgan fingerprint density at radius 3 is 2.10 bits per heavy atom. The minimum Gasteiger partial charge on any atom is -0.391 e. The molecule has 1 heterocycles. The van der Waals surface area contributed by atoms with Crippen LogP contribution in [0.2, 0.25) is 0 Å². The molecule has 0 aromatic heterocycles. The van der Waals surface area contributed by atoms with Crippen LogP contribution in [0, 0.1) is 0 Å². The van der Waals surface area contributed by atoms with E-state index in [2.05, 4.69) is 12.2 Å². The highest BCUT2D eigenvalue weighted by Crippen LogP contribution is 2.16. The van der Waals surface area contributed by atoms with E-state index in [9.17, 15) is 9.90 Å². The topological polar surface area (TPSA) is 49.3 Å². The molecule has 1 aliphatic rings. The summed E-state index contributed by atoms with van der Waals surface area (Å²) in [7, 11) is 0. The Kier molecular flexibility index (Phi) is 9.73. The van der Waals surface area contributed by atoms with E-state index in [1.54, 1.807) is 0 Å². The number of hydrogen-bond donors (Lipinski definition) is 2. The lowest BCUT2D eigenvalue weighted by atomic mass is 10.0. The van der Waals surface area contributed by atoms with Gasteiger partial charge in [-0.15, -0.1) is 0 Å². The van der Waals surface area contributed by atoms with E-state index in [0.29, 0.717) is 6.42 Å². The summed E-state index contributed by atoms with van der Waals surface area (Å²) in [6.45, 7) is 2.26. The van der Waals surface area contributed by atoms with Gasteiger partial charge in [-0.25, -0.2) is 0 Å². The van der Waals surface area contributed by atoms with E-state index in [4.69, 9.17) is 0 Å². The van der Waals surface area contributed by atoms with Crippen LogP contribution < -0.4 is 5.32 Å². The summed E-state index contributed by atoms with van der Waals surface area (Å²) in [5.41, 5.74) is 0. The van der Waals surface area contributed by atoms with E-state index in [-0.39, 0.29) is 18.1 Å². The molecule has 0 aromatic carbocycles. The molecule has 118 valence electrons. The number of aliphatic hydroxyl groups is 1. The smallest absolute Gasteiger partial charge is 0.220 e. The van der Waals surface area contributed by atoms with Gasteiger partial charge in [0, 0.05) is 6.42 Å². The van der Waals surface area contributed by atoms with Gasteiger partial charge in [0.15, 0.2) is 0 Å². The quantitative estimate of drug-likeness (QED) is 0.533. The van der Waals surface area contributed by atoms with Gasteiger partial charge >= 0.3 is 0 Å². The SMILES string of the molecule is CCCCCCCCCCCC[C@@H](O)[C@H]1CCC(=O)N1. The summed E-state index contributed by atoms with van der Waals surface area (Å²) in [5, 5.41) is 12.8. The molecule has 0 aliphatic carbocycles. The molecule has 1 fully saturated rings. The van der Waals surface area contributed by atoms with Crippen LogP contribution in [0.5, 0.6) is 0 Å². The fourth-order valence-electron chi connectivity index (χ4n) is 2.97. The number of unbranched alkanes of at least 4 members (excludes halogenated alkanes) is 9. The van der Waals surface area contributed by atoms with Crippen LogP contribution in [-0.4, -0.2) is 23.2 Å². The number of carbonyl (C=O) groups excluding carboxylic acids is 1. The molecule has 1 aliphatic heterocycles. The Labute approximate surface area is 124 Å². The van der Waals surface area contributed by atoms with Crippen molar-refractivity contribution in [3.63, 3.8) is 0 Å². The molecule has 0 aromatic rings. The highest BCUT2D eigenvalue weighted by atomic mass is 16.3. The van der Waals surface area contributed by atoms with Crippen molar-refractivity contribution in [2.45, 2.75) is 103 Å². The molecule has 0 bridgehead atoms. The Hall–Kier alpha value is -0.570. The Morgan fingerprint density at radius 1 is 1.05 bits per heavy atom. The first-order valence-electron chi connectivity index (χ1n) is 8.71. The van der Waals surface area contributed by atoms with Gasteiger partial charge in [0.05, 0.1) is 12.1 Å². The number of hydrogen-bond acceptors (Lipinski definition) is 2. The second-order valence-electron chi connectivity index (χ2n) is 6.25. The Bertz CT molecular complexity index is 255. The normalized spacial score (nSPS) is 20.1. The van der Waals surface area contributed by atoms with Crippen molar-refractivity contribution in [3.8, 4) is 0 Å². The van der Waals surface area contributed by atoms with Crippen molar-refractivity contribution in [1.82, 2.24) is 5.32 Å². The first kappa shape index (κ1) is 17.5. The molecule has 1 amide bonds. The third-order valence-corrected chi connectivity index (χ3v) is 4.35. The zero-order chi connectivity index (χ0) is 14.6. The van der Waals surface area contributed by atoms with Gasteiger partial charge in [-0.05, 0) is 12.8 Å². The molecule has 3 heteroatoms. The number of carbonyl (C=O) groups is 1. The molecule has 0 spiro atoms. The molecule has 2 N–H and O–H groups in total. The first-order valence-corrected chi connectivity index (χ1v) is 8.71. The van der Waals surface area contributed by atoms with Crippen molar-refractivity contribution in [2.75, 3.05) is 0 Å². The molecule has 0 unspecified atom stereocenters. The molecule has 0 saturated carbocycles. The molecular formula is C17H33NO2. The van der Waals surface area contributed by atoms with E-state index < -0.39 is 0 Å². The molecule has 1 saturated heterocycles. The minimum atomic E-state index is -0.338. The monoisotopic (exact) mass is 283 g/mol. The average molecular weight is 283 g/mol. The van der Waals surface area contributed by atoms with E-state index >= 15 is 0 Å². The lowest BCUT2D eigenvalue weighted by molar-refractivity contribution is -0.119. The molecule has 1 rings (SSSR count). The number of rotatable bonds is 12. The Morgan fingerprint density at radius 2 is 1.60 bits per heavy atom. The van der Waals surface area contributed by atoms with Gasteiger partial charge in [-0.1, -0.05) is 71.1 Å². The van der Waals surface area contributed by atoms with Crippen LogP contribution >= 0.6 is 0 Å². The van der Waals surface area contributed by atoms with Crippen LogP contribution in [0.25, 0.3) is 0 Å². The summed E-state index contributed by atoms with van der Waals surface area (Å²) in [5.74, 6) is 0.0946. The fraction of sp³-hybridized carbons (Fsp3) is 0.941. The van der Waals surface area contributed by atoms with Crippen LogP contribution in [0.15, 0.2) is 0 Å². The molecule has 20 heavy (non-hydrogen) atoms. The molecular weight excluding hydrogens is 250 g/mol. The van der Waals surface area contributed by atoms with Gasteiger partial charge in [0.25, 0.3) is 0 Å². The summed E-state index contributed by atoms with van der Waals surface area (Å²) in [4.78, 5) is 11.1. The van der Waals surface area contributed by atoms with Crippen LogP contribution in [-0.2, 0) is 4.79 Å². The van der Waals surface area contributed by atoms with E-state index in [1.807, 2.05) is 0 Å². The third kappa shape index (κ3) is 7.88. The summed E-state index contributed by atoms with van der Waals surface area (Å²) >= 11 is 0.